The van der Waals surface area contributed by atoms with Crippen molar-refractivity contribution in [1.29, 1.82) is 0 Å². The fourth-order valence-electron chi connectivity index (χ4n) is 3.89. The van der Waals surface area contributed by atoms with Crippen LogP contribution in [0, 0.1) is 0 Å². The lowest BCUT2D eigenvalue weighted by Crippen LogP contribution is -2.42. The number of aldehydes is 1. The summed E-state index contributed by atoms with van der Waals surface area (Å²) in [6.07, 6.45) is 0.339. The normalized spacial score (nSPS) is 21.4. The number of fused-ring (bicyclic) bond motifs is 1. The van der Waals surface area contributed by atoms with E-state index < -0.39 is 17.9 Å². The van der Waals surface area contributed by atoms with Crippen molar-refractivity contribution in [3.8, 4) is 11.5 Å². The fourth-order valence-corrected chi connectivity index (χ4v) is 3.89. The molecule has 0 spiro atoms. The number of oxazole rings is 1. The van der Waals surface area contributed by atoms with Gasteiger partial charge in [0.25, 0.3) is 0 Å². The summed E-state index contributed by atoms with van der Waals surface area (Å²) >= 11 is 0. The van der Waals surface area contributed by atoms with Crippen LogP contribution in [0.2, 0.25) is 0 Å². The van der Waals surface area contributed by atoms with Crippen LogP contribution in [0.25, 0.3) is 11.1 Å². The standard InChI is InChI=1S/C22H24N2O5/c1-22(2)18(13-25)24(12-19-23-14-8-5-6-9-15(14)28-19)21(29-22)20-16(26-3)10-7-11-17(20)27-4/h5-11,13,18,21H,12H2,1-4H3. The SMILES string of the molecule is COc1cccc(OC)c1C1OC(C)(C)C(C=O)N1Cc1nc2ccccc2o1. The molecule has 0 saturated carbocycles. The quantitative estimate of drug-likeness (QED) is 0.588. The van der Waals surface area contributed by atoms with Gasteiger partial charge in [0.15, 0.2) is 5.58 Å². The highest BCUT2D eigenvalue weighted by molar-refractivity contribution is 5.72. The molecule has 1 saturated heterocycles. The highest BCUT2D eigenvalue weighted by Crippen LogP contribution is 2.47. The van der Waals surface area contributed by atoms with E-state index >= 15 is 0 Å². The second-order valence-electron chi connectivity index (χ2n) is 7.48. The molecule has 1 aliphatic heterocycles. The van der Waals surface area contributed by atoms with Gasteiger partial charge in [0.05, 0.1) is 38.0 Å². The van der Waals surface area contributed by atoms with Gasteiger partial charge in [0.2, 0.25) is 5.89 Å². The van der Waals surface area contributed by atoms with Crippen LogP contribution in [0.1, 0.15) is 31.5 Å². The lowest BCUT2D eigenvalue weighted by atomic mass is 10.00. The molecule has 0 bridgehead atoms. The Bertz CT molecular complexity index is 974. The molecule has 2 atom stereocenters. The van der Waals surface area contributed by atoms with Crippen molar-refractivity contribution in [3.63, 3.8) is 0 Å². The lowest BCUT2D eigenvalue weighted by Gasteiger charge is -2.27. The van der Waals surface area contributed by atoms with Crippen molar-refractivity contribution >= 4 is 17.4 Å². The van der Waals surface area contributed by atoms with Gasteiger partial charge in [-0.15, -0.1) is 0 Å². The molecule has 0 amide bonds. The average molecular weight is 396 g/mol. The predicted molar refractivity (Wildman–Crippen MR) is 107 cm³/mol. The van der Waals surface area contributed by atoms with Gasteiger partial charge in [-0.2, -0.15) is 0 Å². The first-order valence-electron chi connectivity index (χ1n) is 9.42. The van der Waals surface area contributed by atoms with Gasteiger partial charge < -0.3 is 23.4 Å². The molecule has 1 fully saturated rings. The molecule has 2 aromatic carbocycles. The smallest absolute Gasteiger partial charge is 0.209 e. The number of carbonyl (C=O) groups is 1. The first-order valence-corrected chi connectivity index (χ1v) is 9.42. The predicted octanol–water partition coefficient (Wildman–Crippen LogP) is 3.72. The number of methoxy groups -OCH3 is 2. The van der Waals surface area contributed by atoms with Gasteiger partial charge in [-0.05, 0) is 38.1 Å². The summed E-state index contributed by atoms with van der Waals surface area (Å²) in [5.41, 5.74) is 1.49. The molecule has 7 nitrogen and oxygen atoms in total. The molecule has 0 aliphatic carbocycles. The number of aromatic nitrogens is 1. The summed E-state index contributed by atoms with van der Waals surface area (Å²) in [4.78, 5) is 18.5. The van der Waals surface area contributed by atoms with Crippen LogP contribution in [0.5, 0.6) is 11.5 Å². The molecule has 7 heteroatoms. The Labute approximate surface area is 169 Å². The number of carbonyl (C=O) groups excluding carboxylic acids is 1. The number of ether oxygens (including phenoxy) is 3. The maximum atomic E-state index is 12.0. The van der Waals surface area contributed by atoms with Crippen molar-refractivity contribution in [2.24, 2.45) is 0 Å². The molecule has 4 rings (SSSR count). The van der Waals surface area contributed by atoms with Crippen LogP contribution in [0.4, 0.5) is 0 Å². The van der Waals surface area contributed by atoms with Crippen molar-refractivity contribution in [3.05, 3.63) is 53.9 Å². The van der Waals surface area contributed by atoms with Crippen LogP contribution in [-0.2, 0) is 16.1 Å². The Hall–Kier alpha value is -2.90. The maximum absolute atomic E-state index is 12.0. The summed E-state index contributed by atoms with van der Waals surface area (Å²) in [5, 5.41) is 0. The van der Waals surface area contributed by atoms with Gasteiger partial charge in [0, 0.05) is 0 Å². The summed E-state index contributed by atoms with van der Waals surface area (Å²) in [6.45, 7) is 4.09. The van der Waals surface area contributed by atoms with Gasteiger partial charge >= 0.3 is 0 Å². The summed E-state index contributed by atoms with van der Waals surface area (Å²) in [6, 6.07) is 12.6. The Kier molecular flexibility index (Phi) is 5.02. The van der Waals surface area contributed by atoms with Crippen LogP contribution >= 0.6 is 0 Å². The van der Waals surface area contributed by atoms with Gasteiger partial charge in [-0.1, -0.05) is 18.2 Å². The molecule has 0 N–H and O–H groups in total. The van der Waals surface area contributed by atoms with Crippen LogP contribution in [0.3, 0.4) is 0 Å². The molecule has 1 aromatic heterocycles. The van der Waals surface area contributed by atoms with Gasteiger partial charge in [-0.25, -0.2) is 4.98 Å². The minimum atomic E-state index is -0.718. The van der Waals surface area contributed by atoms with E-state index in [0.29, 0.717) is 29.5 Å². The van der Waals surface area contributed by atoms with E-state index in [1.165, 1.54) is 0 Å². The van der Waals surface area contributed by atoms with Crippen molar-refractivity contribution in [2.45, 2.75) is 38.3 Å². The number of para-hydroxylation sites is 2. The van der Waals surface area contributed by atoms with Crippen LogP contribution in [0.15, 0.2) is 46.9 Å². The number of nitrogens with zero attached hydrogens (tertiary/aromatic N) is 2. The monoisotopic (exact) mass is 396 g/mol. The Balaban J connectivity index is 1.79. The third-order valence-electron chi connectivity index (χ3n) is 5.28. The minimum Gasteiger partial charge on any atom is -0.496 e. The molecule has 29 heavy (non-hydrogen) atoms. The Morgan fingerprint density at radius 1 is 1.10 bits per heavy atom. The molecule has 1 aliphatic rings. The zero-order chi connectivity index (χ0) is 20.6. The van der Waals surface area contributed by atoms with Crippen LogP contribution in [-0.4, -0.2) is 42.0 Å². The molecule has 0 radical (unpaired) electrons. The van der Waals surface area contributed by atoms with Crippen molar-refractivity contribution in [1.82, 2.24) is 9.88 Å². The zero-order valence-corrected chi connectivity index (χ0v) is 16.9. The van der Waals surface area contributed by atoms with Crippen LogP contribution < -0.4 is 9.47 Å². The highest BCUT2D eigenvalue weighted by atomic mass is 16.5. The first-order chi connectivity index (χ1) is 14.0. The molecular formula is C22H24N2O5. The average Bonchev–Trinajstić information content (AvgIpc) is 3.24. The summed E-state index contributed by atoms with van der Waals surface area (Å²) < 4.78 is 23.4. The Morgan fingerprint density at radius 3 is 2.41 bits per heavy atom. The number of rotatable bonds is 6. The van der Waals surface area contributed by atoms with Crippen molar-refractivity contribution in [2.75, 3.05) is 14.2 Å². The van der Waals surface area contributed by atoms with E-state index in [1.807, 2.05) is 61.2 Å². The van der Waals surface area contributed by atoms with E-state index in [-0.39, 0.29) is 0 Å². The van der Waals surface area contributed by atoms with Gasteiger partial charge in [-0.3, -0.25) is 4.90 Å². The largest absolute Gasteiger partial charge is 0.496 e. The number of hydrogen-bond donors (Lipinski definition) is 0. The maximum Gasteiger partial charge on any atom is 0.209 e. The Morgan fingerprint density at radius 2 is 1.79 bits per heavy atom. The lowest BCUT2D eigenvalue weighted by molar-refractivity contribution is -0.113. The summed E-state index contributed by atoms with van der Waals surface area (Å²) in [7, 11) is 3.20. The fraction of sp³-hybridized carbons (Fsp3) is 0.364. The van der Waals surface area contributed by atoms with Gasteiger partial charge in [0.1, 0.15) is 29.5 Å². The first kappa shape index (κ1) is 19.4. The second-order valence-corrected chi connectivity index (χ2v) is 7.48. The molecular weight excluding hydrogens is 372 g/mol. The van der Waals surface area contributed by atoms with E-state index in [4.69, 9.17) is 18.6 Å². The van der Waals surface area contributed by atoms with Crippen molar-refractivity contribution < 1.29 is 23.4 Å². The minimum absolute atomic E-state index is 0.299. The molecule has 2 unspecified atom stereocenters. The number of benzene rings is 2. The van der Waals surface area contributed by atoms with E-state index in [0.717, 1.165) is 17.4 Å². The third kappa shape index (κ3) is 3.36. The zero-order valence-electron chi connectivity index (χ0n) is 16.9. The molecule has 152 valence electrons. The van der Waals surface area contributed by atoms with E-state index in [2.05, 4.69) is 4.98 Å². The summed E-state index contributed by atoms with van der Waals surface area (Å²) in [5.74, 6) is 1.76. The van der Waals surface area contributed by atoms with E-state index in [1.54, 1.807) is 14.2 Å². The number of hydrogen-bond acceptors (Lipinski definition) is 7. The highest BCUT2D eigenvalue weighted by Gasteiger charge is 2.50. The topological polar surface area (TPSA) is 74.0 Å². The molecule has 3 aromatic rings. The third-order valence-corrected chi connectivity index (χ3v) is 5.28. The molecule has 2 heterocycles. The second kappa shape index (κ2) is 7.50. The van der Waals surface area contributed by atoms with E-state index in [9.17, 15) is 4.79 Å².